The van der Waals surface area contributed by atoms with Crippen molar-refractivity contribution in [1.29, 1.82) is 0 Å². The Labute approximate surface area is 118 Å². The van der Waals surface area contributed by atoms with Gasteiger partial charge in [-0.3, -0.25) is 0 Å². The monoisotopic (exact) mass is 266 g/mol. The van der Waals surface area contributed by atoms with Gasteiger partial charge in [-0.15, -0.1) is 6.58 Å². The van der Waals surface area contributed by atoms with Crippen LogP contribution in [0.4, 0.5) is 4.79 Å². The van der Waals surface area contributed by atoms with Crippen LogP contribution in [0.3, 0.4) is 0 Å². The highest BCUT2D eigenvalue weighted by molar-refractivity contribution is 5.77. The Morgan fingerprint density at radius 2 is 2.00 bits per heavy atom. The summed E-state index contributed by atoms with van der Waals surface area (Å²) in [6, 6.07) is 0.851. The minimum atomic E-state index is 0.199. The van der Waals surface area contributed by atoms with Crippen molar-refractivity contribution in [2.75, 3.05) is 13.6 Å². The number of unbranched alkanes of at least 4 members (excludes halogenated alkanes) is 1. The molecule has 2 amide bonds. The lowest BCUT2D eigenvalue weighted by molar-refractivity contribution is 0.179. The fraction of sp³-hybridized carbons (Fsp3) is 0.812. The van der Waals surface area contributed by atoms with Gasteiger partial charge in [0.1, 0.15) is 0 Å². The van der Waals surface area contributed by atoms with Crippen LogP contribution in [0.15, 0.2) is 12.7 Å². The minimum Gasteiger partial charge on any atom is -0.323 e. The van der Waals surface area contributed by atoms with E-state index >= 15 is 0 Å². The van der Waals surface area contributed by atoms with Gasteiger partial charge in [-0.05, 0) is 45.4 Å². The minimum absolute atomic E-state index is 0.199. The molecular formula is C16H30N2O. The number of rotatable bonds is 8. The molecular weight excluding hydrogens is 236 g/mol. The van der Waals surface area contributed by atoms with E-state index in [1.165, 1.54) is 25.7 Å². The van der Waals surface area contributed by atoms with Crippen molar-refractivity contribution < 1.29 is 4.79 Å². The maximum absolute atomic E-state index is 12.2. The van der Waals surface area contributed by atoms with E-state index in [-0.39, 0.29) is 6.03 Å². The molecule has 0 aromatic carbocycles. The molecule has 1 aliphatic rings. The predicted molar refractivity (Wildman–Crippen MR) is 81.2 cm³/mol. The second-order valence-corrected chi connectivity index (χ2v) is 5.90. The molecule has 3 atom stereocenters. The normalized spacial score (nSPS) is 24.9. The number of likely N-dealkylation sites (N-methyl/N-ethyl adjacent to an activating group) is 1. The zero-order valence-electron chi connectivity index (χ0n) is 13.1. The molecule has 1 saturated heterocycles. The highest BCUT2D eigenvalue weighted by atomic mass is 16.2. The molecule has 1 rings (SSSR count). The molecule has 0 radical (unpaired) electrons. The van der Waals surface area contributed by atoms with E-state index in [9.17, 15) is 4.79 Å². The summed E-state index contributed by atoms with van der Waals surface area (Å²) < 4.78 is 0. The van der Waals surface area contributed by atoms with Crippen molar-refractivity contribution in [1.82, 2.24) is 9.80 Å². The van der Waals surface area contributed by atoms with Gasteiger partial charge in [0.25, 0.3) is 0 Å². The van der Waals surface area contributed by atoms with Gasteiger partial charge in [-0.1, -0.05) is 19.4 Å². The summed E-state index contributed by atoms with van der Waals surface area (Å²) in [5.41, 5.74) is 0. The van der Waals surface area contributed by atoms with E-state index in [1.807, 2.05) is 18.0 Å². The van der Waals surface area contributed by atoms with E-state index in [2.05, 4.69) is 32.3 Å². The van der Waals surface area contributed by atoms with Gasteiger partial charge in [0, 0.05) is 13.6 Å². The fourth-order valence-electron chi connectivity index (χ4n) is 2.94. The molecule has 3 nitrogen and oxygen atoms in total. The SMILES string of the molecule is C=CCCC[C@H](CCC)CN1C(=O)N(C)[C@@H](C)[C@H]1C. The molecule has 1 heterocycles. The molecule has 0 unspecified atom stereocenters. The molecule has 3 heteroatoms. The van der Waals surface area contributed by atoms with Crippen LogP contribution in [0.5, 0.6) is 0 Å². The smallest absolute Gasteiger partial charge is 0.320 e. The average Bonchev–Trinajstić information content (AvgIpc) is 2.57. The number of carbonyl (C=O) groups is 1. The van der Waals surface area contributed by atoms with Crippen molar-refractivity contribution in [3.05, 3.63) is 12.7 Å². The summed E-state index contributed by atoms with van der Waals surface area (Å²) >= 11 is 0. The molecule has 0 aromatic rings. The van der Waals surface area contributed by atoms with E-state index < -0.39 is 0 Å². The maximum Gasteiger partial charge on any atom is 0.320 e. The Bertz CT molecular complexity index is 303. The van der Waals surface area contributed by atoms with Gasteiger partial charge in [0.05, 0.1) is 12.1 Å². The summed E-state index contributed by atoms with van der Waals surface area (Å²) in [6.07, 6.45) is 7.87. The van der Waals surface area contributed by atoms with Crippen LogP contribution in [0.25, 0.3) is 0 Å². The first-order chi connectivity index (χ1) is 9.02. The number of hydrogen-bond donors (Lipinski definition) is 0. The number of allylic oxidation sites excluding steroid dienone is 1. The molecule has 110 valence electrons. The van der Waals surface area contributed by atoms with Crippen LogP contribution in [0.2, 0.25) is 0 Å². The zero-order valence-corrected chi connectivity index (χ0v) is 13.1. The second-order valence-electron chi connectivity index (χ2n) is 5.90. The van der Waals surface area contributed by atoms with Crippen LogP contribution in [0, 0.1) is 5.92 Å². The number of carbonyl (C=O) groups excluding carboxylic acids is 1. The molecule has 0 saturated carbocycles. The fourth-order valence-corrected chi connectivity index (χ4v) is 2.94. The molecule has 1 fully saturated rings. The van der Waals surface area contributed by atoms with E-state index in [1.54, 1.807) is 0 Å². The van der Waals surface area contributed by atoms with Gasteiger partial charge in [0.15, 0.2) is 0 Å². The molecule has 0 spiro atoms. The summed E-state index contributed by atoms with van der Waals surface area (Å²) in [4.78, 5) is 16.2. The summed E-state index contributed by atoms with van der Waals surface area (Å²) in [7, 11) is 1.91. The maximum atomic E-state index is 12.2. The van der Waals surface area contributed by atoms with Gasteiger partial charge in [-0.25, -0.2) is 4.79 Å². The summed E-state index contributed by atoms with van der Waals surface area (Å²) in [5.74, 6) is 0.634. The Kier molecular flexibility index (Phi) is 6.40. The molecule has 0 aromatic heterocycles. The summed E-state index contributed by atoms with van der Waals surface area (Å²) in [5, 5.41) is 0. The lowest BCUT2D eigenvalue weighted by atomic mass is 9.96. The standard InChI is InChI=1S/C16H30N2O/c1-6-8-9-11-15(10-7-2)12-18-14(4)13(3)17(5)16(18)19/h6,13-15H,1,7-12H2,2-5H3/t13-,14+,15-/m0/s1. The Morgan fingerprint density at radius 3 is 2.47 bits per heavy atom. The van der Waals surface area contributed by atoms with Gasteiger partial charge in [-0.2, -0.15) is 0 Å². The summed E-state index contributed by atoms with van der Waals surface area (Å²) in [6.45, 7) is 11.2. The van der Waals surface area contributed by atoms with Gasteiger partial charge < -0.3 is 9.80 Å². The van der Waals surface area contributed by atoms with Crippen LogP contribution in [-0.2, 0) is 0 Å². The third-order valence-corrected chi connectivity index (χ3v) is 4.52. The zero-order chi connectivity index (χ0) is 14.4. The first-order valence-electron chi connectivity index (χ1n) is 7.67. The Hall–Kier alpha value is -0.990. The highest BCUT2D eigenvalue weighted by Crippen LogP contribution is 2.25. The Balaban J connectivity index is 2.57. The van der Waals surface area contributed by atoms with Crippen LogP contribution < -0.4 is 0 Å². The van der Waals surface area contributed by atoms with E-state index in [0.29, 0.717) is 18.0 Å². The first kappa shape index (κ1) is 16.1. The van der Waals surface area contributed by atoms with Crippen LogP contribution >= 0.6 is 0 Å². The third kappa shape index (κ3) is 3.99. The molecule has 0 bridgehead atoms. The largest absolute Gasteiger partial charge is 0.323 e. The molecule has 0 aliphatic carbocycles. The van der Waals surface area contributed by atoms with Crippen molar-refractivity contribution >= 4 is 6.03 Å². The lowest BCUT2D eigenvalue weighted by Gasteiger charge is -2.27. The predicted octanol–water partition coefficient (Wildman–Crippen LogP) is 3.90. The van der Waals surface area contributed by atoms with E-state index in [4.69, 9.17) is 0 Å². The van der Waals surface area contributed by atoms with Crippen molar-refractivity contribution in [2.24, 2.45) is 5.92 Å². The molecule has 1 aliphatic heterocycles. The third-order valence-electron chi connectivity index (χ3n) is 4.52. The quantitative estimate of drug-likeness (QED) is 0.483. The van der Waals surface area contributed by atoms with Gasteiger partial charge >= 0.3 is 6.03 Å². The average molecular weight is 266 g/mol. The van der Waals surface area contributed by atoms with E-state index in [0.717, 1.165) is 13.0 Å². The Morgan fingerprint density at radius 1 is 1.32 bits per heavy atom. The highest BCUT2D eigenvalue weighted by Gasteiger charge is 2.38. The number of amides is 2. The molecule has 19 heavy (non-hydrogen) atoms. The van der Waals surface area contributed by atoms with Crippen molar-refractivity contribution in [3.63, 3.8) is 0 Å². The van der Waals surface area contributed by atoms with Crippen molar-refractivity contribution in [3.8, 4) is 0 Å². The molecule has 0 N–H and O–H groups in total. The topological polar surface area (TPSA) is 23.6 Å². The first-order valence-corrected chi connectivity index (χ1v) is 7.67. The van der Waals surface area contributed by atoms with Crippen LogP contribution in [0.1, 0.15) is 52.9 Å². The number of nitrogens with zero attached hydrogens (tertiary/aromatic N) is 2. The van der Waals surface area contributed by atoms with Gasteiger partial charge in [0.2, 0.25) is 0 Å². The van der Waals surface area contributed by atoms with Crippen molar-refractivity contribution in [2.45, 2.75) is 65.0 Å². The number of hydrogen-bond acceptors (Lipinski definition) is 1. The van der Waals surface area contributed by atoms with Crippen LogP contribution in [-0.4, -0.2) is 41.5 Å². The lowest BCUT2D eigenvalue weighted by Crippen LogP contribution is -2.37. The second kappa shape index (κ2) is 7.56. The number of urea groups is 1.